The number of nitrogens with one attached hydrogen (secondary N) is 1. The van der Waals surface area contributed by atoms with Gasteiger partial charge in [-0.15, -0.1) is 0 Å². The number of H-pyrrole nitrogens is 1. The van der Waals surface area contributed by atoms with E-state index in [2.05, 4.69) is 43.4 Å². The van der Waals surface area contributed by atoms with Gasteiger partial charge < -0.3 is 28.0 Å². The molecule has 1 aliphatic heterocycles. The number of benzene rings is 3. The summed E-state index contributed by atoms with van der Waals surface area (Å²) in [6.07, 6.45) is -0.146. The molecule has 2 heterocycles. The van der Waals surface area contributed by atoms with Gasteiger partial charge in [0, 0.05) is 30.8 Å². The summed E-state index contributed by atoms with van der Waals surface area (Å²) in [7, 11) is 1.59. The number of nitrogens with zero attached hydrogens (tertiary/aromatic N) is 3. The third-order valence-electron chi connectivity index (χ3n) is 8.87. The molecule has 4 atom stereocenters. The summed E-state index contributed by atoms with van der Waals surface area (Å²) in [5, 5.41) is 9.27. The highest BCUT2D eigenvalue weighted by Crippen LogP contribution is 2.50. The Morgan fingerprint density at radius 2 is 1.48 bits per heavy atom. The summed E-state index contributed by atoms with van der Waals surface area (Å²) >= 11 is 0. The second-order valence-corrected chi connectivity index (χ2v) is 14.3. The number of rotatable bonds is 17. The van der Waals surface area contributed by atoms with Gasteiger partial charge in [0.25, 0.3) is 14.1 Å². The Balaban J connectivity index is 1.59. The molecule has 0 aliphatic carbocycles. The molecule has 1 aromatic heterocycles. The number of aromatic amines is 1. The average molecular weight is 731 g/mol. The van der Waals surface area contributed by atoms with E-state index in [0.717, 1.165) is 16.7 Å². The van der Waals surface area contributed by atoms with Crippen molar-refractivity contribution in [3.63, 3.8) is 0 Å². The summed E-state index contributed by atoms with van der Waals surface area (Å²) in [5.74, 6) is 1.40. The smallest absolute Gasteiger partial charge is 0.330 e. The van der Waals surface area contributed by atoms with Crippen LogP contribution in [0.5, 0.6) is 11.5 Å². The minimum Gasteiger partial charge on any atom is -0.497 e. The maximum atomic E-state index is 13.0. The number of methoxy groups -OCH3 is 2. The number of nitriles is 1. The normalized spacial score (nSPS) is 18.1. The topological polar surface area (TPSA) is 137 Å². The average Bonchev–Trinajstić information content (AvgIpc) is 3.54. The molecule has 4 unspecified atom stereocenters. The van der Waals surface area contributed by atoms with Gasteiger partial charge in [0.1, 0.15) is 29.4 Å². The van der Waals surface area contributed by atoms with E-state index in [1.54, 1.807) is 14.2 Å². The summed E-state index contributed by atoms with van der Waals surface area (Å²) in [6.45, 7) is 8.51. The molecule has 13 heteroatoms. The molecule has 0 radical (unpaired) electrons. The Labute approximate surface area is 305 Å². The fraction of sp³-hybridized carbons (Fsp3) is 0.410. The van der Waals surface area contributed by atoms with Crippen LogP contribution in [0.3, 0.4) is 0 Å². The standard InChI is InChI=1S/C39H47N4O8P/c1-27(2)43(28(3)4)52(49-24-10-22-40)51-34-25-37(42-23-21-36(44)41-38(42)45)50-35(34)26-48-39(29-11-8-7-9-12-29,30-13-17-32(46-5)18-14-30)31-15-19-33(47-6)20-16-31/h7-9,11-21,23,27-28,34-35,37H,10,24-26H2,1-6H3,(H,41,44,45). The molecule has 12 nitrogen and oxygen atoms in total. The molecule has 4 aromatic rings. The van der Waals surface area contributed by atoms with Crippen LogP contribution in [0, 0.1) is 11.3 Å². The zero-order chi connectivity index (χ0) is 37.3. The third kappa shape index (κ3) is 8.81. The van der Waals surface area contributed by atoms with E-state index in [4.69, 9.17) is 28.0 Å². The first-order chi connectivity index (χ1) is 25.1. The minimum absolute atomic E-state index is 0.0386. The van der Waals surface area contributed by atoms with Gasteiger partial charge in [-0.3, -0.25) is 14.3 Å². The molecule has 276 valence electrons. The molecule has 0 amide bonds. The van der Waals surface area contributed by atoms with E-state index in [1.165, 1.54) is 16.8 Å². The van der Waals surface area contributed by atoms with Crippen LogP contribution in [0.2, 0.25) is 0 Å². The van der Waals surface area contributed by atoms with Gasteiger partial charge >= 0.3 is 5.69 Å². The van der Waals surface area contributed by atoms with Gasteiger partial charge in [0.05, 0.1) is 46.0 Å². The van der Waals surface area contributed by atoms with Crippen LogP contribution in [0.25, 0.3) is 0 Å². The van der Waals surface area contributed by atoms with Gasteiger partial charge in [-0.25, -0.2) is 9.46 Å². The highest BCUT2D eigenvalue weighted by molar-refractivity contribution is 7.44. The maximum Gasteiger partial charge on any atom is 0.330 e. The molecular formula is C39H47N4O8P. The van der Waals surface area contributed by atoms with E-state index in [1.807, 2.05) is 78.9 Å². The summed E-state index contributed by atoms with van der Waals surface area (Å²) < 4.78 is 41.4. The van der Waals surface area contributed by atoms with Crippen LogP contribution in [0.1, 0.15) is 63.5 Å². The zero-order valence-electron chi connectivity index (χ0n) is 30.4. The van der Waals surface area contributed by atoms with E-state index >= 15 is 0 Å². The minimum atomic E-state index is -1.66. The summed E-state index contributed by atoms with van der Waals surface area (Å²) in [5.41, 5.74) is 0.352. The molecule has 1 saturated heterocycles. The van der Waals surface area contributed by atoms with E-state index < -0.39 is 43.8 Å². The predicted octanol–water partition coefficient (Wildman–Crippen LogP) is 6.51. The van der Waals surface area contributed by atoms with Crippen LogP contribution in [-0.2, 0) is 24.1 Å². The second kappa shape index (κ2) is 17.9. The molecular weight excluding hydrogens is 683 g/mol. The van der Waals surface area contributed by atoms with E-state index in [-0.39, 0.29) is 38.1 Å². The number of hydrogen-bond donors (Lipinski definition) is 1. The van der Waals surface area contributed by atoms with Gasteiger partial charge in [-0.1, -0.05) is 54.6 Å². The van der Waals surface area contributed by atoms with Crippen molar-refractivity contribution in [1.82, 2.24) is 14.2 Å². The largest absolute Gasteiger partial charge is 0.497 e. The third-order valence-corrected chi connectivity index (χ3v) is 11.0. The van der Waals surface area contributed by atoms with Crippen LogP contribution in [0.15, 0.2) is 101 Å². The van der Waals surface area contributed by atoms with Crippen molar-refractivity contribution in [2.45, 2.75) is 76.7 Å². The lowest BCUT2D eigenvalue weighted by molar-refractivity contribution is -0.0925. The predicted molar refractivity (Wildman–Crippen MR) is 198 cm³/mol. The fourth-order valence-electron chi connectivity index (χ4n) is 6.48. The first-order valence-corrected chi connectivity index (χ1v) is 18.4. The molecule has 1 N–H and O–H groups in total. The van der Waals surface area contributed by atoms with Gasteiger partial charge in [0.2, 0.25) is 0 Å². The zero-order valence-corrected chi connectivity index (χ0v) is 31.3. The summed E-state index contributed by atoms with van der Waals surface area (Å²) in [6, 6.07) is 29.0. The van der Waals surface area contributed by atoms with Crippen LogP contribution < -0.4 is 20.7 Å². The number of hydrogen-bond acceptors (Lipinski definition) is 10. The van der Waals surface area contributed by atoms with Crippen molar-refractivity contribution >= 4 is 8.53 Å². The van der Waals surface area contributed by atoms with Crippen molar-refractivity contribution in [3.05, 3.63) is 129 Å². The molecule has 0 saturated carbocycles. The van der Waals surface area contributed by atoms with Crippen LogP contribution in [0.4, 0.5) is 0 Å². The molecule has 5 rings (SSSR count). The summed E-state index contributed by atoms with van der Waals surface area (Å²) in [4.78, 5) is 27.2. The monoisotopic (exact) mass is 730 g/mol. The van der Waals surface area contributed by atoms with Gasteiger partial charge in [0.15, 0.2) is 0 Å². The first kappa shape index (κ1) is 38.9. The lowest BCUT2D eigenvalue weighted by Crippen LogP contribution is -2.39. The highest BCUT2D eigenvalue weighted by Gasteiger charge is 2.45. The van der Waals surface area contributed by atoms with Crippen molar-refractivity contribution < 1.29 is 28.0 Å². The molecule has 0 spiro atoms. The maximum absolute atomic E-state index is 13.0. The van der Waals surface area contributed by atoms with E-state index in [0.29, 0.717) is 11.5 Å². The fourth-order valence-corrected chi connectivity index (χ4v) is 8.24. The SMILES string of the molecule is COc1ccc(C(OCC2OC(n3ccc(=O)[nH]c3=O)CC2OP(OCCC#N)N(C(C)C)C(C)C)(c2ccccc2)c2ccc(OC)cc2)cc1. The number of aromatic nitrogens is 2. The van der Waals surface area contributed by atoms with Crippen molar-refractivity contribution in [2.75, 3.05) is 27.4 Å². The Bertz CT molecular complexity index is 1820. The van der Waals surface area contributed by atoms with Crippen molar-refractivity contribution in [2.24, 2.45) is 0 Å². The lowest BCUT2D eigenvalue weighted by Gasteiger charge is -2.39. The Hall–Kier alpha value is -4.34. The Kier molecular flexibility index (Phi) is 13.4. The van der Waals surface area contributed by atoms with Crippen LogP contribution in [-0.4, -0.2) is 65.9 Å². The Morgan fingerprint density at radius 3 is 2.00 bits per heavy atom. The van der Waals surface area contributed by atoms with Crippen molar-refractivity contribution in [3.8, 4) is 17.6 Å². The first-order valence-electron chi connectivity index (χ1n) is 17.3. The van der Waals surface area contributed by atoms with Crippen LogP contribution >= 0.6 is 8.53 Å². The molecule has 3 aromatic carbocycles. The molecule has 1 fully saturated rings. The molecule has 1 aliphatic rings. The second-order valence-electron chi connectivity index (χ2n) is 12.9. The van der Waals surface area contributed by atoms with Crippen molar-refractivity contribution in [1.29, 1.82) is 5.26 Å². The molecule has 52 heavy (non-hydrogen) atoms. The quantitative estimate of drug-likeness (QED) is 0.0727. The lowest BCUT2D eigenvalue weighted by atomic mass is 9.80. The highest BCUT2D eigenvalue weighted by atomic mass is 31.2. The Morgan fingerprint density at radius 1 is 0.904 bits per heavy atom. The number of ether oxygens (including phenoxy) is 4. The molecule has 0 bridgehead atoms. The van der Waals surface area contributed by atoms with Gasteiger partial charge in [-0.05, 0) is 68.7 Å². The van der Waals surface area contributed by atoms with E-state index in [9.17, 15) is 14.9 Å². The van der Waals surface area contributed by atoms with Gasteiger partial charge in [-0.2, -0.15) is 5.26 Å².